The molecule has 0 aliphatic rings. The highest BCUT2D eigenvalue weighted by atomic mass is 16.2. The number of nitrogens with zero attached hydrogens (tertiary/aromatic N) is 1. The van der Waals surface area contributed by atoms with Crippen LogP contribution in [0, 0.1) is 0 Å². The average Bonchev–Trinajstić information content (AvgIpc) is 2.30. The molecule has 1 heterocycles. The van der Waals surface area contributed by atoms with Crippen LogP contribution in [0.2, 0.25) is 0 Å². The minimum absolute atomic E-state index is 0.0284. The molecule has 0 saturated carbocycles. The van der Waals surface area contributed by atoms with Crippen LogP contribution in [0.3, 0.4) is 0 Å². The third-order valence-electron chi connectivity index (χ3n) is 2.03. The first-order valence-electron chi connectivity index (χ1n) is 4.76. The number of primary amides is 1. The van der Waals surface area contributed by atoms with E-state index in [4.69, 9.17) is 5.73 Å². The Hall–Kier alpha value is -2.17. The normalized spacial score (nSPS) is 10.9. The number of allylic oxidation sites excluding steroid dienone is 1. The van der Waals surface area contributed by atoms with Gasteiger partial charge in [-0.3, -0.25) is 14.6 Å². The number of hydrogen-bond donors (Lipinski definition) is 2. The molecule has 0 unspecified atom stereocenters. The van der Waals surface area contributed by atoms with Crippen molar-refractivity contribution in [3.8, 4) is 0 Å². The molecule has 0 aliphatic carbocycles. The van der Waals surface area contributed by atoms with Crippen LogP contribution >= 0.6 is 0 Å². The molecule has 0 atom stereocenters. The Bertz CT molecular complexity index is 412. The summed E-state index contributed by atoms with van der Waals surface area (Å²) < 4.78 is 0. The van der Waals surface area contributed by atoms with Crippen molar-refractivity contribution < 1.29 is 9.59 Å². The van der Waals surface area contributed by atoms with Crippen molar-refractivity contribution in [3.63, 3.8) is 0 Å². The van der Waals surface area contributed by atoms with E-state index < -0.39 is 11.8 Å². The second kappa shape index (κ2) is 5.65. The van der Waals surface area contributed by atoms with E-state index in [9.17, 15) is 9.59 Å². The van der Waals surface area contributed by atoms with Crippen LogP contribution in [-0.4, -0.2) is 23.8 Å². The predicted octanol–water partition coefficient (Wildman–Crippen LogP) is -0.218. The van der Waals surface area contributed by atoms with Crippen LogP contribution in [0.5, 0.6) is 0 Å². The number of hydrogen-bond acceptors (Lipinski definition) is 3. The number of aromatic nitrogens is 1. The Balaban J connectivity index is 2.81. The van der Waals surface area contributed by atoms with Crippen LogP contribution in [0.1, 0.15) is 5.56 Å². The number of pyridine rings is 1. The summed E-state index contributed by atoms with van der Waals surface area (Å²) in [5.41, 5.74) is 6.02. The number of carbonyl (C=O) groups is 2. The quantitative estimate of drug-likeness (QED) is 0.417. The van der Waals surface area contributed by atoms with Crippen molar-refractivity contribution in [2.75, 3.05) is 7.05 Å². The van der Waals surface area contributed by atoms with E-state index >= 15 is 0 Å². The second-order valence-electron chi connectivity index (χ2n) is 3.12. The van der Waals surface area contributed by atoms with Crippen molar-refractivity contribution >= 4 is 11.8 Å². The molecule has 0 aromatic carbocycles. The summed E-state index contributed by atoms with van der Waals surface area (Å²) in [7, 11) is 1.45. The summed E-state index contributed by atoms with van der Waals surface area (Å²) in [6.45, 7) is 0. The van der Waals surface area contributed by atoms with Crippen LogP contribution in [-0.2, 0) is 16.0 Å². The SMILES string of the molecule is CNC(=O)/C(=C\Cc1ccncc1)C(N)=O. The second-order valence-corrected chi connectivity index (χ2v) is 3.12. The molecule has 0 spiro atoms. The minimum atomic E-state index is -0.728. The third kappa shape index (κ3) is 3.20. The lowest BCUT2D eigenvalue weighted by Crippen LogP contribution is -2.29. The molecule has 0 bridgehead atoms. The minimum Gasteiger partial charge on any atom is -0.365 e. The van der Waals surface area contributed by atoms with Crippen molar-refractivity contribution in [1.29, 1.82) is 0 Å². The number of nitrogens with one attached hydrogen (secondary N) is 1. The van der Waals surface area contributed by atoms with E-state index in [1.165, 1.54) is 13.1 Å². The van der Waals surface area contributed by atoms with Crippen molar-refractivity contribution in [1.82, 2.24) is 10.3 Å². The van der Waals surface area contributed by atoms with Gasteiger partial charge < -0.3 is 11.1 Å². The lowest BCUT2D eigenvalue weighted by molar-refractivity contribution is -0.121. The topological polar surface area (TPSA) is 85.1 Å². The molecule has 5 heteroatoms. The first-order chi connectivity index (χ1) is 7.65. The van der Waals surface area contributed by atoms with Gasteiger partial charge in [-0.2, -0.15) is 0 Å². The van der Waals surface area contributed by atoms with Gasteiger partial charge in [-0.1, -0.05) is 6.08 Å². The summed E-state index contributed by atoms with van der Waals surface area (Å²) in [5.74, 6) is -1.20. The number of rotatable bonds is 4. The zero-order valence-corrected chi connectivity index (χ0v) is 8.93. The number of amides is 2. The molecule has 2 amide bonds. The fourth-order valence-corrected chi connectivity index (χ4v) is 1.18. The standard InChI is InChI=1S/C11H13N3O2/c1-13-11(16)9(10(12)15)3-2-8-4-6-14-7-5-8/h3-7H,2H2,1H3,(H2,12,15)(H,13,16)/b9-3-. The Morgan fingerprint density at radius 3 is 2.56 bits per heavy atom. The van der Waals surface area contributed by atoms with Gasteiger partial charge in [0.25, 0.3) is 11.8 Å². The first-order valence-corrected chi connectivity index (χ1v) is 4.76. The zero-order valence-electron chi connectivity index (χ0n) is 8.93. The maximum Gasteiger partial charge on any atom is 0.256 e. The molecule has 0 fully saturated rings. The van der Waals surface area contributed by atoms with E-state index in [-0.39, 0.29) is 5.57 Å². The lowest BCUT2D eigenvalue weighted by Gasteiger charge is -2.01. The monoisotopic (exact) mass is 219 g/mol. The predicted molar refractivity (Wildman–Crippen MR) is 59.3 cm³/mol. The average molecular weight is 219 g/mol. The van der Waals surface area contributed by atoms with Gasteiger partial charge in [-0.15, -0.1) is 0 Å². The van der Waals surface area contributed by atoms with Crippen molar-refractivity contribution in [2.45, 2.75) is 6.42 Å². The van der Waals surface area contributed by atoms with Crippen molar-refractivity contribution in [2.24, 2.45) is 5.73 Å². The maximum absolute atomic E-state index is 11.3. The van der Waals surface area contributed by atoms with Gasteiger partial charge in [0.15, 0.2) is 0 Å². The zero-order chi connectivity index (χ0) is 12.0. The molecule has 0 aliphatic heterocycles. The van der Waals surface area contributed by atoms with Gasteiger partial charge in [0.2, 0.25) is 0 Å². The summed E-state index contributed by atoms with van der Waals surface area (Å²) in [6.07, 6.45) is 5.27. The summed E-state index contributed by atoms with van der Waals surface area (Å²) in [6, 6.07) is 3.61. The molecule has 16 heavy (non-hydrogen) atoms. The van der Waals surface area contributed by atoms with Crippen LogP contribution < -0.4 is 11.1 Å². The molecule has 5 nitrogen and oxygen atoms in total. The molecular weight excluding hydrogens is 206 g/mol. The lowest BCUT2D eigenvalue weighted by atomic mass is 10.1. The molecule has 1 rings (SSSR count). The molecule has 0 radical (unpaired) electrons. The smallest absolute Gasteiger partial charge is 0.256 e. The number of likely N-dealkylation sites (N-methyl/N-ethyl adjacent to an activating group) is 1. The largest absolute Gasteiger partial charge is 0.365 e. The summed E-state index contributed by atoms with van der Waals surface area (Å²) >= 11 is 0. The molecule has 0 saturated heterocycles. The van der Waals surface area contributed by atoms with E-state index in [0.29, 0.717) is 6.42 Å². The van der Waals surface area contributed by atoms with Gasteiger partial charge in [0.1, 0.15) is 5.57 Å². The molecule has 3 N–H and O–H groups in total. The molecule has 1 aromatic rings. The Labute approximate surface area is 93.4 Å². The highest BCUT2D eigenvalue weighted by Crippen LogP contribution is 2.02. The third-order valence-corrected chi connectivity index (χ3v) is 2.03. The molecule has 84 valence electrons. The van der Waals surface area contributed by atoms with Crippen molar-refractivity contribution in [3.05, 3.63) is 41.7 Å². The van der Waals surface area contributed by atoms with Gasteiger partial charge in [0.05, 0.1) is 0 Å². The Kier molecular flexibility index (Phi) is 4.20. The summed E-state index contributed by atoms with van der Waals surface area (Å²) in [4.78, 5) is 26.2. The van der Waals surface area contributed by atoms with Gasteiger partial charge in [-0.25, -0.2) is 0 Å². The van der Waals surface area contributed by atoms with Crippen LogP contribution in [0.25, 0.3) is 0 Å². The van der Waals surface area contributed by atoms with E-state index in [0.717, 1.165) is 5.56 Å². The summed E-state index contributed by atoms with van der Waals surface area (Å²) in [5, 5.41) is 2.36. The Morgan fingerprint density at radius 1 is 1.44 bits per heavy atom. The van der Waals surface area contributed by atoms with Gasteiger partial charge >= 0.3 is 0 Å². The van der Waals surface area contributed by atoms with E-state index in [1.807, 2.05) is 0 Å². The molecule has 1 aromatic heterocycles. The maximum atomic E-state index is 11.3. The Morgan fingerprint density at radius 2 is 2.06 bits per heavy atom. The highest BCUT2D eigenvalue weighted by Gasteiger charge is 2.12. The van der Waals surface area contributed by atoms with Gasteiger partial charge in [0, 0.05) is 19.4 Å². The fraction of sp³-hybridized carbons (Fsp3) is 0.182. The number of nitrogens with two attached hydrogens (primary N) is 1. The number of carbonyl (C=O) groups excluding carboxylic acids is 2. The first kappa shape index (κ1) is 11.9. The van der Waals surface area contributed by atoms with Crippen LogP contribution in [0.15, 0.2) is 36.2 Å². The van der Waals surface area contributed by atoms with Crippen LogP contribution in [0.4, 0.5) is 0 Å². The van der Waals surface area contributed by atoms with Gasteiger partial charge in [-0.05, 0) is 24.1 Å². The highest BCUT2D eigenvalue weighted by molar-refractivity contribution is 6.17. The van der Waals surface area contributed by atoms with E-state index in [2.05, 4.69) is 10.3 Å². The fourth-order valence-electron chi connectivity index (χ4n) is 1.18. The molecular formula is C11H13N3O2. The van der Waals surface area contributed by atoms with E-state index in [1.54, 1.807) is 24.5 Å².